The number of carboxylic acid groups (broad SMARTS) is 1. The lowest BCUT2D eigenvalue weighted by molar-refractivity contribution is -0.150. The molecule has 0 aromatic carbocycles. The highest BCUT2D eigenvalue weighted by atomic mass is 16.5. The molecule has 1 aliphatic heterocycles. The molecule has 1 N–H and O–H groups in total. The smallest absolute Gasteiger partial charge is 0.312 e. The van der Waals surface area contributed by atoms with Crippen LogP contribution in [0.5, 0.6) is 0 Å². The lowest BCUT2D eigenvalue weighted by Gasteiger charge is -2.35. The number of aliphatic carboxylic acids is 1. The van der Waals surface area contributed by atoms with Crippen LogP contribution in [-0.4, -0.2) is 47.2 Å². The second-order valence-corrected chi connectivity index (χ2v) is 3.63. The normalized spacial score (nSPS) is 27.4. The van der Waals surface area contributed by atoms with Crippen molar-refractivity contribution < 1.29 is 19.4 Å². The number of hydrogen-bond donors (Lipinski definition) is 1. The standard InChI is InChI=1S/C9H15NO4/c1-6-4-10(5-7(2)14-6)8(11)3-9(12)13/h6-7H,3-5H2,1-2H3,(H,12,13). The fourth-order valence-electron chi connectivity index (χ4n) is 1.62. The molecule has 0 spiro atoms. The van der Waals surface area contributed by atoms with Gasteiger partial charge in [0.2, 0.25) is 5.91 Å². The maximum Gasteiger partial charge on any atom is 0.312 e. The van der Waals surface area contributed by atoms with Gasteiger partial charge in [-0.05, 0) is 13.8 Å². The van der Waals surface area contributed by atoms with Crippen molar-refractivity contribution >= 4 is 11.9 Å². The first-order chi connectivity index (χ1) is 6.49. The summed E-state index contributed by atoms with van der Waals surface area (Å²) in [6.45, 7) is 4.71. The topological polar surface area (TPSA) is 66.8 Å². The van der Waals surface area contributed by atoms with Crippen molar-refractivity contribution in [3.05, 3.63) is 0 Å². The molecular weight excluding hydrogens is 186 g/mol. The molecule has 1 heterocycles. The van der Waals surface area contributed by atoms with Crippen LogP contribution in [0.25, 0.3) is 0 Å². The number of carbonyl (C=O) groups excluding carboxylic acids is 1. The highest BCUT2D eigenvalue weighted by Gasteiger charge is 2.26. The summed E-state index contributed by atoms with van der Waals surface area (Å²) < 4.78 is 5.43. The maximum atomic E-state index is 11.4. The van der Waals surface area contributed by atoms with Crippen LogP contribution >= 0.6 is 0 Å². The SMILES string of the molecule is CC1CN(C(=O)CC(=O)O)CC(C)O1. The molecule has 5 nitrogen and oxygen atoms in total. The van der Waals surface area contributed by atoms with Gasteiger partial charge in [-0.15, -0.1) is 0 Å². The Hall–Kier alpha value is -1.10. The van der Waals surface area contributed by atoms with Crippen molar-refractivity contribution in [1.29, 1.82) is 0 Å². The van der Waals surface area contributed by atoms with Gasteiger partial charge >= 0.3 is 5.97 Å². The third-order valence-electron chi connectivity index (χ3n) is 2.07. The van der Waals surface area contributed by atoms with E-state index in [1.165, 1.54) is 0 Å². The molecule has 0 bridgehead atoms. The van der Waals surface area contributed by atoms with Crippen molar-refractivity contribution in [2.75, 3.05) is 13.1 Å². The van der Waals surface area contributed by atoms with Crippen LogP contribution in [-0.2, 0) is 14.3 Å². The quantitative estimate of drug-likeness (QED) is 0.643. The van der Waals surface area contributed by atoms with E-state index >= 15 is 0 Å². The Kier molecular flexibility index (Phi) is 3.46. The molecule has 1 rings (SSSR count). The molecule has 1 amide bonds. The van der Waals surface area contributed by atoms with Gasteiger partial charge in [0.05, 0.1) is 12.2 Å². The van der Waals surface area contributed by atoms with E-state index in [0.717, 1.165) is 0 Å². The fraction of sp³-hybridized carbons (Fsp3) is 0.778. The molecule has 0 aromatic rings. The van der Waals surface area contributed by atoms with E-state index in [0.29, 0.717) is 13.1 Å². The molecule has 0 aliphatic carbocycles. The van der Waals surface area contributed by atoms with Gasteiger partial charge in [-0.1, -0.05) is 0 Å². The number of carbonyl (C=O) groups is 2. The summed E-state index contributed by atoms with van der Waals surface area (Å²) in [5.41, 5.74) is 0. The summed E-state index contributed by atoms with van der Waals surface area (Å²) in [5.74, 6) is -1.42. The lowest BCUT2D eigenvalue weighted by atomic mass is 10.2. The summed E-state index contributed by atoms with van der Waals surface area (Å²) >= 11 is 0. The highest BCUT2D eigenvalue weighted by molar-refractivity contribution is 5.93. The van der Waals surface area contributed by atoms with Gasteiger partial charge in [0.25, 0.3) is 0 Å². The molecule has 14 heavy (non-hydrogen) atoms. The van der Waals surface area contributed by atoms with Gasteiger partial charge in [0.15, 0.2) is 0 Å². The summed E-state index contributed by atoms with van der Waals surface area (Å²) in [5, 5.41) is 8.47. The summed E-state index contributed by atoms with van der Waals surface area (Å²) in [7, 11) is 0. The molecule has 2 atom stereocenters. The van der Waals surface area contributed by atoms with E-state index in [1.54, 1.807) is 4.90 Å². The zero-order chi connectivity index (χ0) is 10.7. The van der Waals surface area contributed by atoms with Crippen LogP contribution < -0.4 is 0 Å². The average Bonchev–Trinajstić information content (AvgIpc) is 2.00. The molecule has 5 heteroatoms. The maximum absolute atomic E-state index is 11.4. The minimum atomic E-state index is -1.08. The van der Waals surface area contributed by atoms with E-state index in [-0.39, 0.29) is 18.1 Å². The third-order valence-corrected chi connectivity index (χ3v) is 2.07. The van der Waals surface area contributed by atoms with Crippen LogP contribution in [0.3, 0.4) is 0 Å². The Bertz CT molecular complexity index is 231. The van der Waals surface area contributed by atoms with Crippen LogP contribution in [0.1, 0.15) is 20.3 Å². The third kappa shape index (κ3) is 2.99. The van der Waals surface area contributed by atoms with Gasteiger partial charge in [-0.2, -0.15) is 0 Å². The molecule has 0 radical (unpaired) electrons. The predicted octanol–water partition coefficient (Wildman–Crippen LogP) is 0.0969. The summed E-state index contributed by atoms with van der Waals surface area (Å²) in [6.07, 6.45) is -0.465. The van der Waals surface area contributed by atoms with E-state index < -0.39 is 12.4 Å². The minimum Gasteiger partial charge on any atom is -0.481 e. The second-order valence-electron chi connectivity index (χ2n) is 3.63. The second kappa shape index (κ2) is 4.41. The molecule has 0 aromatic heterocycles. The van der Waals surface area contributed by atoms with Crippen LogP contribution in [0, 0.1) is 0 Å². The van der Waals surface area contributed by atoms with Crippen LogP contribution in [0.4, 0.5) is 0 Å². The average molecular weight is 201 g/mol. The van der Waals surface area contributed by atoms with E-state index in [1.807, 2.05) is 13.8 Å². The first-order valence-corrected chi connectivity index (χ1v) is 4.64. The molecule has 1 fully saturated rings. The van der Waals surface area contributed by atoms with Gasteiger partial charge in [0.1, 0.15) is 6.42 Å². The number of morpholine rings is 1. The zero-order valence-electron chi connectivity index (χ0n) is 8.40. The molecule has 2 unspecified atom stereocenters. The summed E-state index contributed by atoms with van der Waals surface area (Å²) in [4.78, 5) is 23.3. The number of ether oxygens (including phenoxy) is 1. The van der Waals surface area contributed by atoms with Gasteiger partial charge in [0, 0.05) is 13.1 Å². The van der Waals surface area contributed by atoms with Crippen molar-refractivity contribution in [1.82, 2.24) is 4.90 Å². The van der Waals surface area contributed by atoms with E-state index in [9.17, 15) is 9.59 Å². The van der Waals surface area contributed by atoms with Crippen LogP contribution in [0.15, 0.2) is 0 Å². The highest BCUT2D eigenvalue weighted by Crippen LogP contribution is 2.11. The Morgan fingerprint density at radius 2 is 1.86 bits per heavy atom. The first kappa shape index (κ1) is 11.0. The van der Waals surface area contributed by atoms with Gasteiger partial charge in [-0.25, -0.2) is 0 Å². The van der Waals surface area contributed by atoms with Gasteiger partial charge in [-0.3, -0.25) is 9.59 Å². The lowest BCUT2D eigenvalue weighted by Crippen LogP contribution is -2.48. The fourth-order valence-corrected chi connectivity index (χ4v) is 1.62. The van der Waals surface area contributed by atoms with Crippen molar-refractivity contribution in [3.63, 3.8) is 0 Å². The van der Waals surface area contributed by atoms with Crippen LogP contribution in [0.2, 0.25) is 0 Å². The Labute approximate surface area is 82.6 Å². The number of amides is 1. The van der Waals surface area contributed by atoms with Crippen molar-refractivity contribution in [2.45, 2.75) is 32.5 Å². The first-order valence-electron chi connectivity index (χ1n) is 4.64. The number of carboxylic acids is 1. The minimum absolute atomic E-state index is 0.0171. The number of rotatable bonds is 2. The molecule has 0 saturated carbocycles. The molecule has 1 saturated heterocycles. The van der Waals surface area contributed by atoms with Gasteiger partial charge < -0.3 is 14.7 Å². The van der Waals surface area contributed by atoms with Crippen molar-refractivity contribution in [2.24, 2.45) is 0 Å². The molecule has 1 aliphatic rings. The van der Waals surface area contributed by atoms with E-state index in [4.69, 9.17) is 9.84 Å². The Morgan fingerprint density at radius 3 is 2.29 bits per heavy atom. The molecular formula is C9H15NO4. The molecule has 80 valence electrons. The predicted molar refractivity (Wildman–Crippen MR) is 48.8 cm³/mol. The Balaban J connectivity index is 2.50. The Morgan fingerprint density at radius 1 is 1.36 bits per heavy atom. The summed E-state index contributed by atoms with van der Waals surface area (Å²) in [6, 6.07) is 0. The van der Waals surface area contributed by atoms with Crippen molar-refractivity contribution in [3.8, 4) is 0 Å². The number of hydrogen-bond acceptors (Lipinski definition) is 3. The number of nitrogens with zero attached hydrogens (tertiary/aromatic N) is 1. The largest absolute Gasteiger partial charge is 0.481 e. The monoisotopic (exact) mass is 201 g/mol. The van der Waals surface area contributed by atoms with E-state index in [2.05, 4.69) is 0 Å². The zero-order valence-corrected chi connectivity index (χ0v) is 8.40.